The van der Waals surface area contributed by atoms with Crippen LogP contribution in [-0.4, -0.2) is 35.7 Å². The van der Waals surface area contributed by atoms with Crippen LogP contribution in [0.25, 0.3) is 0 Å². The van der Waals surface area contributed by atoms with Crippen molar-refractivity contribution in [2.45, 2.75) is 25.9 Å². The number of benzene rings is 1. The van der Waals surface area contributed by atoms with Gasteiger partial charge in [-0.05, 0) is 36.0 Å². The minimum absolute atomic E-state index is 0.109. The van der Waals surface area contributed by atoms with E-state index in [1.165, 1.54) is 0 Å². The molecule has 0 unspecified atom stereocenters. The number of unbranched alkanes of at least 4 members (excludes halogenated alkanes) is 1. The summed E-state index contributed by atoms with van der Waals surface area (Å²) in [4.78, 5) is 22.2. The maximum atomic E-state index is 11.9. The first kappa shape index (κ1) is 14.6. The predicted octanol–water partition coefficient (Wildman–Crippen LogP) is -0.111. The van der Waals surface area contributed by atoms with Gasteiger partial charge in [0.1, 0.15) is 0 Å². The van der Waals surface area contributed by atoms with Crippen LogP contribution in [0.5, 0.6) is 0 Å². The second-order valence-corrected chi connectivity index (χ2v) is 4.68. The molecule has 0 atom stereocenters. The summed E-state index contributed by atoms with van der Waals surface area (Å²) in [6.45, 7) is 0.788. The third-order valence-electron chi connectivity index (χ3n) is 3.17. The lowest BCUT2D eigenvalue weighted by molar-refractivity contribution is -0.137. The van der Waals surface area contributed by atoms with Gasteiger partial charge in [0.25, 0.3) is 5.91 Å². The molecule has 1 aromatic rings. The molecular formula is C13H16BNO5. The number of hydrogen-bond acceptors (Lipinski definition) is 4. The van der Waals surface area contributed by atoms with Gasteiger partial charge in [-0.25, -0.2) is 0 Å². The lowest BCUT2D eigenvalue weighted by Gasteiger charge is -2.06. The minimum atomic E-state index is -0.965. The molecule has 0 saturated heterocycles. The number of fused-ring (bicyclic) bond motifs is 1. The maximum absolute atomic E-state index is 11.9. The van der Waals surface area contributed by atoms with Gasteiger partial charge in [0.15, 0.2) is 0 Å². The Morgan fingerprint density at radius 2 is 2.15 bits per heavy atom. The van der Waals surface area contributed by atoms with E-state index in [1.807, 2.05) is 0 Å². The Labute approximate surface area is 116 Å². The lowest BCUT2D eigenvalue weighted by Crippen LogP contribution is -2.31. The lowest BCUT2D eigenvalue weighted by atomic mass is 9.79. The van der Waals surface area contributed by atoms with Crippen molar-refractivity contribution in [1.29, 1.82) is 0 Å². The summed E-state index contributed by atoms with van der Waals surface area (Å²) in [5.74, 6) is -1.06. The fourth-order valence-electron chi connectivity index (χ4n) is 2.06. The molecule has 0 aromatic heterocycles. The SMILES string of the molecule is O=C(O)CCCCNC(=O)c1ccc2c(c1)B(O)OC2. The molecule has 1 aliphatic rings. The molecule has 0 radical (unpaired) electrons. The summed E-state index contributed by atoms with van der Waals surface area (Å²) in [5.41, 5.74) is 1.98. The van der Waals surface area contributed by atoms with E-state index < -0.39 is 13.1 Å². The smallest absolute Gasteiger partial charge is 0.481 e. The molecule has 2 rings (SSSR count). The predicted molar refractivity (Wildman–Crippen MR) is 72.7 cm³/mol. The highest BCUT2D eigenvalue weighted by Crippen LogP contribution is 2.11. The number of aliphatic carboxylic acids is 1. The van der Waals surface area contributed by atoms with Gasteiger partial charge in [-0.1, -0.05) is 6.07 Å². The Bertz CT molecular complexity index is 519. The molecule has 0 saturated carbocycles. The van der Waals surface area contributed by atoms with Gasteiger partial charge in [-0.15, -0.1) is 0 Å². The molecule has 106 valence electrons. The zero-order valence-corrected chi connectivity index (χ0v) is 11.0. The van der Waals surface area contributed by atoms with Crippen LogP contribution in [0.4, 0.5) is 0 Å². The summed E-state index contributed by atoms with van der Waals surface area (Å²) in [5, 5.41) is 20.8. The average molecular weight is 277 g/mol. The van der Waals surface area contributed by atoms with Crippen LogP contribution < -0.4 is 10.8 Å². The topological polar surface area (TPSA) is 95.9 Å². The highest BCUT2D eigenvalue weighted by Gasteiger charge is 2.27. The first-order chi connectivity index (χ1) is 9.58. The standard InChI is InChI=1S/C13H16BNO5/c16-12(17)3-1-2-6-15-13(18)9-4-5-10-8-20-14(19)11(10)7-9/h4-5,7,19H,1-3,6,8H2,(H,15,18)(H,16,17). The van der Waals surface area contributed by atoms with Crippen LogP contribution in [0.1, 0.15) is 35.2 Å². The number of carboxylic acid groups (broad SMARTS) is 1. The molecular weight excluding hydrogens is 261 g/mol. The van der Waals surface area contributed by atoms with Crippen molar-refractivity contribution in [1.82, 2.24) is 5.32 Å². The Balaban J connectivity index is 1.84. The van der Waals surface area contributed by atoms with Crippen molar-refractivity contribution in [3.8, 4) is 0 Å². The largest absolute Gasteiger partial charge is 0.491 e. The highest BCUT2D eigenvalue weighted by atomic mass is 16.5. The quantitative estimate of drug-likeness (QED) is 0.498. The summed E-state index contributed by atoms with van der Waals surface area (Å²) in [7, 11) is -0.965. The number of carboxylic acids is 1. The van der Waals surface area contributed by atoms with Crippen molar-refractivity contribution >= 4 is 24.5 Å². The van der Waals surface area contributed by atoms with E-state index in [2.05, 4.69) is 5.32 Å². The van der Waals surface area contributed by atoms with Gasteiger partial charge < -0.3 is 20.1 Å². The average Bonchev–Trinajstić information content (AvgIpc) is 2.79. The van der Waals surface area contributed by atoms with Gasteiger partial charge in [0.2, 0.25) is 0 Å². The van der Waals surface area contributed by atoms with Crippen molar-refractivity contribution in [3.05, 3.63) is 29.3 Å². The molecule has 1 heterocycles. The zero-order valence-electron chi connectivity index (χ0n) is 11.0. The van der Waals surface area contributed by atoms with Crippen molar-refractivity contribution in [2.24, 2.45) is 0 Å². The first-order valence-electron chi connectivity index (χ1n) is 6.50. The van der Waals surface area contributed by atoms with E-state index in [-0.39, 0.29) is 12.3 Å². The van der Waals surface area contributed by atoms with Crippen molar-refractivity contribution < 1.29 is 24.4 Å². The molecule has 0 fully saturated rings. The van der Waals surface area contributed by atoms with Crippen LogP contribution in [0.2, 0.25) is 0 Å². The molecule has 6 nitrogen and oxygen atoms in total. The first-order valence-corrected chi connectivity index (χ1v) is 6.50. The monoisotopic (exact) mass is 277 g/mol. The van der Waals surface area contributed by atoms with Gasteiger partial charge in [0.05, 0.1) is 6.61 Å². The molecule has 1 aliphatic heterocycles. The van der Waals surface area contributed by atoms with E-state index in [0.717, 1.165) is 5.56 Å². The van der Waals surface area contributed by atoms with Crippen LogP contribution in [-0.2, 0) is 16.1 Å². The number of carbonyl (C=O) groups is 2. The minimum Gasteiger partial charge on any atom is -0.481 e. The van der Waals surface area contributed by atoms with Gasteiger partial charge in [-0.2, -0.15) is 0 Å². The van der Waals surface area contributed by atoms with E-state index in [9.17, 15) is 14.6 Å². The molecule has 0 spiro atoms. The van der Waals surface area contributed by atoms with Crippen molar-refractivity contribution in [3.63, 3.8) is 0 Å². The van der Waals surface area contributed by atoms with Gasteiger partial charge >= 0.3 is 13.1 Å². The number of nitrogens with one attached hydrogen (secondary N) is 1. The van der Waals surface area contributed by atoms with Crippen molar-refractivity contribution in [2.75, 3.05) is 6.54 Å². The van der Waals surface area contributed by atoms with Crippen LogP contribution in [0, 0.1) is 0 Å². The number of rotatable bonds is 6. The van der Waals surface area contributed by atoms with Gasteiger partial charge in [-0.3, -0.25) is 9.59 Å². The van der Waals surface area contributed by atoms with E-state index in [0.29, 0.717) is 37.0 Å². The van der Waals surface area contributed by atoms with Crippen LogP contribution in [0.15, 0.2) is 18.2 Å². The van der Waals surface area contributed by atoms with E-state index in [4.69, 9.17) is 9.76 Å². The normalized spacial score (nSPS) is 13.2. The molecule has 1 aromatic carbocycles. The van der Waals surface area contributed by atoms with Crippen LogP contribution in [0.3, 0.4) is 0 Å². The number of amides is 1. The van der Waals surface area contributed by atoms with Gasteiger partial charge in [0, 0.05) is 18.5 Å². The number of hydrogen-bond donors (Lipinski definition) is 3. The molecule has 0 aliphatic carbocycles. The summed E-state index contributed by atoms with van der Waals surface area (Å²) in [6, 6.07) is 5.08. The number of carbonyl (C=O) groups excluding carboxylic acids is 1. The molecule has 3 N–H and O–H groups in total. The highest BCUT2D eigenvalue weighted by molar-refractivity contribution is 6.61. The van der Waals surface area contributed by atoms with E-state index >= 15 is 0 Å². The maximum Gasteiger partial charge on any atom is 0.491 e. The third kappa shape index (κ3) is 3.58. The summed E-state index contributed by atoms with van der Waals surface area (Å²) >= 11 is 0. The Hall–Kier alpha value is -1.86. The van der Waals surface area contributed by atoms with E-state index in [1.54, 1.807) is 18.2 Å². The molecule has 20 heavy (non-hydrogen) atoms. The van der Waals surface area contributed by atoms with Crippen LogP contribution >= 0.6 is 0 Å². The molecule has 1 amide bonds. The Kier molecular flexibility index (Phi) is 4.76. The summed E-state index contributed by atoms with van der Waals surface area (Å²) < 4.78 is 5.06. The third-order valence-corrected chi connectivity index (χ3v) is 3.17. The fraction of sp³-hybridized carbons (Fsp3) is 0.385. The fourth-order valence-corrected chi connectivity index (χ4v) is 2.06. The molecule has 7 heteroatoms. The second kappa shape index (κ2) is 6.54. The second-order valence-electron chi connectivity index (χ2n) is 4.68. The Morgan fingerprint density at radius 1 is 1.35 bits per heavy atom. The summed E-state index contributed by atoms with van der Waals surface area (Å²) in [6.07, 6.45) is 1.26. The molecule has 0 bridgehead atoms. The zero-order chi connectivity index (χ0) is 14.5. The Morgan fingerprint density at radius 3 is 2.90 bits per heavy atom.